The minimum atomic E-state index is -0.150. The summed E-state index contributed by atoms with van der Waals surface area (Å²) >= 11 is 1.56. The first-order valence-electron chi connectivity index (χ1n) is 13.6. The van der Waals surface area contributed by atoms with E-state index in [1.165, 1.54) is 0 Å². The number of benzene rings is 2. The van der Waals surface area contributed by atoms with Crippen LogP contribution >= 0.6 is 11.3 Å². The largest absolute Gasteiger partial charge is 0.350 e. The third-order valence-electron chi connectivity index (χ3n) is 7.59. The molecule has 3 aliphatic rings. The average molecular weight is 527 g/mol. The quantitative estimate of drug-likeness (QED) is 0.322. The first-order valence-corrected chi connectivity index (χ1v) is 14.4. The lowest BCUT2D eigenvalue weighted by Crippen LogP contribution is -2.61. The van der Waals surface area contributed by atoms with Gasteiger partial charge >= 0.3 is 0 Å². The number of aryl methyl sites for hydroxylation is 1. The molecule has 1 saturated carbocycles. The van der Waals surface area contributed by atoms with Crippen LogP contribution < -0.4 is 5.32 Å². The van der Waals surface area contributed by atoms with Crippen LogP contribution in [-0.2, 0) is 0 Å². The van der Waals surface area contributed by atoms with E-state index in [0.29, 0.717) is 29.2 Å². The van der Waals surface area contributed by atoms with E-state index in [2.05, 4.69) is 15.3 Å². The Bertz CT molecular complexity index is 1420. The van der Waals surface area contributed by atoms with E-state index in [1.54, 1.807) is 17.5 Å². The zero-order chi connectivity index (χ0) is 26.6. The summed E-state index contributed by atoms with van der Waals surface area (Å²) in [4.78, 5) is 39.4. The fourth-order valence-electron chi connectivity index (χ4n) is 5.90. The minimum Gasteiger partial charge on any atom is -0.350 e. The predicted octanol–water partition coefficient (Wildman–Crippen LogP) is 6.51. The van der Waals surface area contributed by atoms with Crippen molar-refractivity contribution >= 4 is 34.1 Å². The second-order valence-electron chi connectivity index (χ2n) is 9.72. The Hall–Kier alpha value is -3.58. The molecule has 38 heavy (non-hydrogen) atoms. The molecule has 4 heterocycles. The lowest BCUT2D eigenvalue weighted by molar-refractivity contribution is -0.00271. The monoisotopic (exact) mass is 526 g/mol. The number of hydrogen-bond donors (Lipinski definition) is 1. The maximum Gasteiger partial charge on any atom is 0.274 e. The number of carbonyl (C=O) groups excluding carboxylic acids is 2. The van der Waals surface area contributed by atoms with Crippen molar-refractivity contribution in [3.63, 3.8) is 0 Å². The molecule has 2 aromatic heterocycles. The highest BCUT2D eigenvalue weighted by molar-refractivity contribution is 7.15. The van der Waals surface area contributed by atoms with Crippen molar-refractivity contribution in [1.82, 2.24) is 20.2 Å². The zero-order valence-electron chi connectivity index (χ0n) is 22.2. The highest BCUT2D eigenvalue weighted by atomic mass is 32.1. The number of rotatable bonds is 5. The molecule has 1 atom stereocenters. The number of nitrogens with one attached hydrogen (secondary N) is 1. The van der Waals surface area contributed by atoms with Crippen molar-refractivity contribution in [1.29, 1.82) is 0 Å². The van der Waals surface area contributed by atoms with Gasteiger partial charge in [0.25, 0.3) is 11.8 Å². The van der Waals surface area contributed by atoms with Crippen LogP contribution in [0.5, 0.6) is 0 Å². The molecule has 1 N–H and O–H groups in total. The first kappa shape index (κ1) is 26.0. The van der Waals surface area contributed by atoms with E-state index in [1.807, 2.05) is 86.3 Å². The van der Waals surface area contributed by atoms with Crippen molar-refractivity contribution in [3.05, 3.63) is 83.1 Å². The molecule has 6 nitrogen and oxygen atoms in total. The Morgan fingerprint density at radius 2 is 1.71 bits per heavy atom. The lowest BCUT2D eigenvalue weighted by atomic mass is 9.74. The average Bonchev–Trinajstić information content (AvgIpc) is 3.38. The van der Waals surface area contributed by atoms with Crippen LogP contribution in [-0.4, -0.2) is 45.3 Å². The number of amides is 2. The number of piperidine rings is 2. The molecular weight excluding hydrogens is 492 g/mol. The Balaban J connectivity index is 0.00000144. The van der Waals surface area contributed by atoms with Gasteiger partial charge in [-0.15, -0.1) is 11.3 Å². The van der Waals surface area contributed by atoms with E-state index in [9.17, 15) is 9.59 Å². The Morgan fingerprint density at radius 3 is 2.47 bits per heavy atom. The highest BCUT2D eigenvalue weighted by Gasteiger charge is 2.45. The molecule has 3 fully saturated rings. The van der Waals surface area contributed by atoms with Crippen LogP contribution in [0.4, 0.5) is 0 Å². The van der Waals surface area contributed by atoms with Crippen LogP contribution in [0, 0.1) is 12.8 Å². The molecule has 2 aliphatic heterocycles. The third kappa shape index (κ3) is 4.95. The van der Waals surface area contributed by atoms with Crippen LogP contribution in [0.25, 0.3) is 21.3 Å². The molecule has 1 unspecified atom stereocenters. The number of aromatic nitrogens is 2. The van der Waals surface area contributed by atoms with Crippen LogP contribution in [0.2, 0.25) is 0 Å². The summed E-state index contributed by atoms with van der Waals surface area (Å²) < 4.78 is 0. The van der Waals surface area contributed by atoms with Gasteiger partial charge in [-0.05, 0) is 56.2 Å². The molecule has 4 aromatic rings. The molecule has 2 saturated heterocycles. The standard InChI is InChI=1S/C29H28N4O2S.C2H6/c1-18-32-26(27(36-18)21-7-3-2-4-8-21)29(35)33-22-14-12-19(13-15-22)24(33)17-31-28(34)23-11-5-9-20-10-6-16-30-25(20)23;1-2/h2-11,16,19,22,24H,12-15,17H2,1H3,(H,31,34);1-2H3. The van der Waals surface area contributed by atoms with Crippen molar-refractivity contribution in [2.45, 2.75) is 58.5 Å². The second kappa shape index (κ2) is 11.4. The molecule has 7 rings (SSSR count). The van der Waals surface area contributed by atoms with Crippen molar-refractivity contribution in [3.8, 4) is 10.4 Å². The van der Waals surface area contributed by atoms with Gasteiger partial charge < -0.3 is 10.2 Å². The van der Waals surface area contributed by atoms with Gasteiger partial charge in [0.2, 0.25) is 0 Å². The summed E-state index contributed by atoms with van der Waals surface area (Å²) in [5.41, 5.74) is 2.81. The maximum atomic E-state index is 14.0. The van der Waals surface area contributed by atoms with Crippen LogP contribution in [0.1, 0.15) is 65.4 Å². The molecule has 0 spiro atoms. The topological polar surface area (TPSA) is 75.2 Å². The molecule has 0 radical (unpaired) electrons. The molecular formula is C31H34N4O2S. The van der Waals surface area contributed by atoms with Gasteiger partial charge in [0, 0.05) is 24.2 Å². The number of thiazole rings is 1. The van der Waals surface area contributed by atoms with Crippen molar-refractivity contribution in [2.75, 3.05) is 6.54 Å². The number of hydrogen-bond acceptors (Lipinski definition) is 5. The smallest absolute Gasteiger partial charge is 0.274 e. The fraction of sp³-hybridized carbons (Fsp3) is 0.355. The SMILES string of the molecule is CC.Cc1nc(C(=O)N2C3CCC(CC3)C2CNC(=O)c2cccc3cccnc23)c(-c2ccccc2)s1. The van der Waals surface area contributed by atoms with Crippen molar-refractivity contribution in [2.24, 2.45) is 5.92 Å². The van der Waals surface area contributed by atoms with E-state index in [-0.39, 0.29) is 23.9 Å². The first-order chi connectivity index (χ1) is 18.6. The number of fused-ring (bicyclic) bond motifs is 4. The molecule has 2 aromatic carbocycles. The normalized spacial score (nSPS) is 20.1. The van der Waals surface area contributed by atoms with E-state index in [0.717, 1.165) is 46.5 Å². The summed E-state index contributed by atoms with van der Waals surface area (Å²) in [6.07, 6.45) is 5.91. The number of nitrogens with zero attached hydrogens (tertiary/aromatic N) is 3. The lowest BCUT2D eigenvalue weighted by Gasteiger charge is -2.51. The Labute approximate surface area is 228 Å². The number of carbonyl (C=O) groups is 2. The van der Waals surface area contributed by atoms with Crippen LogP contribution in [0.15, 0.2) is 66.9 Å². The Kier molecular flexibility index (Phi) is 7.84. The van der Waals surface area contributed by atoms with Crippen LogP contribution in [0.3, 0.4) is 0 Å². The predicted molar refractivity (Wildman–Crippen MR) is 153 cm³/mol. The number of para-hydroxylation sites is 1. The molecule has 1 aliphatic carbocycles. The fourth-order valence-corrected chi connectivity index (χ4v) is 6.82. The van der Waals surface area contributed by atoms with Gasteiger partial charge in [0.15, 0.2) is 0 Å². The van der Waals surface area contributed by atoms with Gasteiger partial charge in [-0.2, -0.15) is 0 Å². The van der Waals surface area contributed by atoms with Gasteiger partial charge in [0.05, 0.1) is 27.0 Å². The summed E-state index contributed by atoms with van der Waals surface area (Å²) in [6.45, 7) is 6.38. The summed E-state index contributed by atoms with van der Waals surface area (Å²) in [7, 11) is 0. The number of pyridine rings is 1. The van der Waals surface area contributed by atoms with Gasteiger partial charge in [-0.3, -0.25) is 14.6 Å². The molecule has 2 bridgehead atoms. The summed E-state index contributed by atoms with van der Waals surface area (Å²) in [5.74, 6) is 0.214. The third-order valence-corrected chi connectivity index (χ3v) is 8.61. The minimum absolute atomic E-state index is 0.0151. The van der Waals surface area contributed by atoms with E-state index >= 15 is 0 Å². The van der Waals surface area contributed by atoms with E-state index < -0.39 is 0 Å². The van der Waals surface area contributed by atoms with Gasteiger partial charge in [0.1, 0.15) is 5.69 Å². The molecule has 2 amide bonds. The second-order valence-corrected chi connectivity index (χ2v) is 10.9. The summed E-state index contributed by atoms with van der Waals surface area (Å²) in [5, 5.41) is 4.96. The molecule has 7 heteroatoms. The highest BCUT2D eigenvalue weighted by Crippen LogP contribution is 2.41. The summed E-state index contributed by atoms with van der Waals surface area (Å²) in [6, 6.07) is 19.6. The maximum absolute atomic E-state index is 14.0. The van der Waals surface area contributed by atoms with Gasteiger partial charge in [-0.1, -0.05) is 62.4 Å². The van der Waals surface area contributed by atoms with Crippen molar-refractivity contribution < 1.29 is 9.59 Å². The zero-order valence-corrected chi connectivity index (χ0v) is 23.0. The van der Waals surface area contributed by atoms with E-state index in [4.69, 9.17) is 0 Å². The van der Waals surface area contributed by atoms with Gasteiger partial charge in [-0.25, -0.2) is 4.98 Å². The molecule has 196 valence electrons. The Morgan fingerprint density at radius 1 is 0.974 bits per heavy atom.